The first-order chi connectivity index (χ1) is 9.58. The monoisotopic (exact) mass is 277 g/mol. The Bertz CT molecular complexity index is 410. The highest BCUT2D eigenvalue weighted by Crippen LogP contribution is 2.31. The lowest BCUT2D eigenvalue weighted by Gasteiger charge is -2.39. The molecule has 2 N–H and O–H groups in total. The Balaban J connectivity index is 1.99. The van der Waals surface area contributed by atoms with E-state index < -0.39 is 0 Å². The highest BCUT2D eigenvalue weighted by molar-refractivity contribution is 5.29. The molecule has 0 heterocycles. The summed E-state index contributed by atoms with van der Waals surface area (Å²) in [7, 11) is 1.93. The van der Waals surface area contributed by atoms with Crippen molar-refractivity contribution in [3.8, 4) is 5.75 Å². The van der Waals surface area contributed by atoms with Gasteiger partial charge in [-0.05, 0) is 49.9 Å². The third-order valence-electron chi connectivity index (χ3n) is 4.48. The largest absolute Gasteiger partial charge is 0.490 e. The van der Waals surface area contributed by atoms with Gasteiger partial charge >= 0.3 is 0 Å². The van der Waals surface area contributed by atoms with E-state index in [0.29, 0.717) is 5.92 Å². The molecule has 1 fully saturated rings. The van der Waals surface area contributed by atoms with Gasteiger partial charge in [-0.2, -0.15) is 0 Å². The fourth-order valence-corrected chi connectivity index (χ4v) is 2.98. The second kappa shape index (κ2) is 6.59. The molecule has 0 aromatic heterocycles. The summed E-state index contributed by atoms with van der Waals surface area (Å²) >= 11 is 0. The summed E-state index contributed by atoms with van der Waals surface area (Å²) in [5.74, 6) is 1.48. The van der Waals surface area contributed by atoms with Crippen LogP contribution in [-0.2, 0) is 0 Å². The zero-order valence-electron chi connectivity index (χ0n) is 12.9. The van der Waals surface area contributed by atoms with Gasteiger partial charge in [0.1, 0.15) is 11.9 Å². The van der Waals surface area contributed by atoms with E-state index in [2.05, 4.69) is 43.4 Å². The first-order valence-electron chi connectivity index (χ1n) is 7.65. The molecule has 2 atom stereocenters. The minimum Gasteiger partial charge on any atom is -0.490 e. The van der Waals surface area contributed by atoms with Gasteiger partial charge in [0.15, 0.2) is 0 Å². The van der Waals surface area contributed by atoms with Crippen LogP contribution in [0.2, 0.25) is 0 Å². The van der Waals surface area contributed by atoms with Crippen molar-refractivity contribution in [3.63, 3.8) is 0 Å². The molecule has 1 aliphatic carbocycles. The van der Waals surface area contributed by atoms with Crippen LogP contribution in [0.3, 0.4) is 0 Å². The van der Waals surface area contributed by atoms with Crippen LogP contribution < -0.4 is 10.1 Å². The van der Waals surface area contributed by atoms with Crippen molar-refractivity contribution in [3.05, 3.63) is 29.8 Å². The number of aliphatic hydroxyl groups is 1. The predicted molar refractivity (Wildman–Crippen MR) is 82.3 cm³/mol. The summed E-state index contributed by atoms with van der Waals surface area (Å²) in [6, 6.07) is 8.40. The zero-order chi connectivity index (χ0) is 14.6. The molecule has 1 aliphatic rings. The van der Waals surface area contributed by atoms with Crippen LogP contribution in [0.5, 0.6) is 5.75 Å². The summed E-state index contributed by atoms with van der Waals surface area (Å²) < 4.78 is 6.10. The van der Waals surface area contributed by atoms with Gasteiger partial charge in [0.25, 0.3) is 0 Å². The van der Waals surface area contributed by atoms with E-state index in [1.165, 1.54) is 5.56 Å². The van der Waals surface area contributed by atoms with Crippen LogP contribution in [0, 0.1) is 0 Å². The molecule has 0 saturated heterocycles. The minimum absolute atomic E-state index is 0.166. The first-order valence-corrected chi connectivity index (χ1v) is 7.65. The van der Waals surface area contributed by atoms with Crippen molar-refractivity contribution in [2.75, 3.05) is 13.7 Å². The quantitative estimate of drug-likeness (QED) is 0.869. The van der Waals surface area contributed by atoms with Gasteiger partial charge in [-0.1, -0.05) is 26.0 Å². The van der Waals surface area contributed by atoms with Crippen LogP contribution in [0.15, 0.2) is 24.3 Å². The molecular formula is C17H27NO2. The number of aliphatic hydroxyl groups excluding tert-OH is 1. The molecule has 3 nitrogen and oxygen atoms in total. The molecule has 0 spiro atoms. The molecule has 1 saturated carbocycles. The van der Waals surface area contributed by atoms with E-state index in [-0.39, 0.29) is 18.2 Å². The number of rotatable bonds is 5. The Labute approximate surface area is 122 Å². The molecule has 20 heavy (non-hydrogen) atoms. The molecule has 1 aromatic rings. The van der Waals surface area contributed by atoms with Crippen LogP contribution in [0.1, 0.15) is 51.0 Å². The fraction of sp³-hybridized carbons (Fsp3) is 0.647. The third-order valence-corrected chi connectivity index (χ3v) is 4.48. The van der Waals surface area contributed by atoms with Crippen LogP contribution >= 0.6 is 0 Å². The highest BCUT2D eigenvalue weighted by atomic mass is 16.5. The Morgan fingerprint density at radius 2 is 2.05 bits per heavy atom. The topological polar surface area (TPSA) is 41.5 Å². The van der Waals surface area contributed by atoms with Crippen LogP contribution in [0.25, 0.3) is 0 Å². The number of hydrogen-bond acceptors (Lipinski definition) is 3. The van der Waals surface area contributed by atoms with Crippen molar-refractivity contribution in [1.82, 2.24) is 5.32 Å². The van der Waals surface area contributed by atoms with Gasteiger partial charge in [-0.15, -0.1) is 0 Å². The molecule has 112 valence electrons. The Morgan fingerprint density at radius 3 is 2.60 bits per heavy atom. The van der Waals surface area contributed by atoms with Crippen molar-refractivity contribution in [1.29, 1.82) is 0 Å². The predicted octanol–water partition coefficient (Wildman–Crippen LogP) is 3.08. The summed E-state index contributed by atoms with van der Waals surface area (Å²) in [6.07, 6.45) is 4.23. The zero-order valence-corrected chi connectivity index (χ0v) is 12.9. The summed E-state index contributed by atoms with van der Waals surface area (Å²) in [4.78, 5) is 0. The number of likely N-dealkylation sites (N-methyl/N-ethyl adjacent to an activating group) is 1. The van der Waals surface area contributed by atoms with Gasteiger partial charge in [0, 0.05) is 12.0 Å². The van der Waals surface area contributed by atoms with Crippen LogP contribution in [-0.4, -0.2) is 30.4 Å². The number of benzene rings is 1. The average molecular weight is 277 g/mol. The van der Waals surface area contributed by atoms with Crippen LogP contribution in [0.4, 0.5) is 0 Å². The Hall–Kier alpha value is -1.06. The second-order valence-electron chi connectivity index (χ2n) is 6.25. The van der Waals surface area contributed by atoms with E-state index >= 15 is 0 Å². The molecule has 0 radical (unpaired) electrons. The molecule has 0 aliphatic heterocycles. The standard InChI is InChI=1S/C17H27NO2/c1-13(2)14-6-8-15(9-7-14)20-16-5-4-10-17(11-16,12-19)18-3/h6-9,13,16,18-19H,4-5,10-12H2,1-3H3. The molecule has 3 heteroatoms. The van der Waals surface area contributed by atoms with E-state index in [0.717, 1.165) is 31.4 Å². The second-order valence-corrected chi connectivity index (χ2v) is 6.25. The minimum atomic E-state index is -0.166. The number of nitrogens with one attached hydrogen (secondary N) is 1. The van der Waals surface area contributed by atoms with Crippen molar-refractivity contribution >= 4 is 0 Å². The van der Waals surface area contributed by atoms with Gasteiger partial charge in [-0.3, -0.25) is 0 Å². The van der Waals surface area contributed by atoms with Crippen molar-refractivity contribution in [2.45, 2.75) is 57.1 Å². The normalized spacial score (nSPS) is 26.8. The lowest BCUT2D eigenvalue weighted by atomic mass is 9.81. The number of ether oxygens (including phenoxy) is 1. The maximum Gasteiger partial charge on any atom is 0.119 e. The summed E-state index contributed by atoms with van der Waals surface area (Å²) in [5.41, 5.74) is 1.17. The SMILES string of the molecule is CNC1(CO)CCCC(Oc2ccc(C(C)C)cc2)C1. The fourth-order valence-electron chi connectivity index (χ4n) is 2.98. The van der Waals surface area contributed by atoms with E-state index in [4.69, 9.17) is 4.74 Å². The highest BCUT2D eigenvalue weighted by Gasteiger charge is 2.35. The lowest BCUT2D eigenvalue weighted by molar-refractivity contribution is 0.0554. The number of hydrogen-bond donors (Lipinski definition) is 2. The van der Waals surface area contributed by atoms with Gasteiger partial charge in [0.2, 0.25) is 0 Å². The Morgan fingerprint density at radius 1 is 1.35 bits per heavy atom. The Kier molecular flexibility index (Phi) is 5.06. The van der Waals surface area contributed by atoms with Crippen molar-refractivity contribution < 1.29 is 9.84 Å². The summed E-state index contributed by atoms with van der Waals surface area (Å²) in [5, 5.41) is 12.9. The molecule has 0 amide bonds. The third kappa shape index (κ3) is 3.53. The maximum absolute atomic E-state index is 9.60. The van der Waals surface area contributed by atoms with Gasteiger partial charge in [-0.25, -0.2) is 0 Å². The molecule has 0 bridgehead atoms. The molecule has 2 rings (SSSR count). The molecule has 1 aromatic carbocycles. The smallest absolute Gasteiger partial charge is 0.119 e. The van der Waals surface area contributed by atoms with Crippen molar-refractivity contribution in [2.24, 2.45) is 0 Å². The first kappa shape index (κ1) is 15.3. The summed E-state index contributed by atoms with van der Waals surface area (Å²) in [6.45, 7) is 4.56. The van der Waals surface area contributed by atoms with E-state index in [1.54, 1.807) is 0 Å². The average Bonchev–Trinajstić information content (AvgIpc) is 2.48. The van der Waals surface area contributed by atoms with E-state index in [9.17, 15) is 5.11 Å². The van der Waals surface area contributed by atoms with E-state index in [1.807, 2.05) is 7.05 Å². The molecule has 2 unspecified atom stereocenters. The van der Waals surface area contributed by atoms with Gasteiger partial charge < -0.3 is 15.2 Å². The lowest BCUT2D eigenvalue weighted by Crippen LogP contribution is -2.52. The van der Waals surface area contributed by atoms with Gasteiger partial charge in [0.05, 0.1) is 6.61 Å². The molecular weight excluding hydrogens is 250 g/mol. The maximum atomic E-state index is 9.60.